The van der Waals surface area contributed by atoms with E-state index < -0.39 is 10.0 Å². The van der Waals surface area contributed by atoms with Gasteiger partial charge in [0, 0.05) is 24.4 Å². The molecule has 0 aliphatic carbocycles. The van der Waals surface area contributed by atoms with Gasteiger partial charge >= 0.3 is 0 Å². The van der Waals surface area contributed by atoms with E-state index in [9.17, 15) is 13.2 Å². The van der Waals surface area contributed by atoms with Crippen LogP contribution in [0, 0.1) is 6.92 Å². The van der Waals surface area contributed by atoms with Crippen molar-refractivity contribution in [2.24, 2.45) is 0 Å². The fourth-order valence-corrected chi connectivity index (χ4v) is 3.86. The average molecular weight is 374 g/mol. The zero-order chi connectivity index (χ0) is 18.6. The summed E-state index contributed by atoms with van der Waals surface area (Å²) in [5, 5.41) is 2.80. The molecule has 0 aromatic heterocycles. The Labute approximate surface area is 153 Å². The van der Waals surface area contributed by atoms with Crippen LogP contribution in [-0.2, 0) is 14.8 Å². The Morgan fingerprint density at radius 3 is 2.65 bits per heavy atom. The van der Waals surface area contributed by atoms with Crippen LogP contribution < -0.4 is 10.0 Å². The van der Waals surface area contributed by atoms with Crippen LogP contribution in [0.1, 0.15) is 28.8 Å². The number of carbonyl (C=O) groups excluding carboxylic acids is 1. The fraction of sp³-hybridized carbons (Fsp3) is 0.316. The van der Waals surface area contributed by atoms with Gasteiger partial charge in [-0.25, -0.2) is 8.42 Å². The number of nitrogens with one attached hydrogen (secondary N) is 2. The highest BCUT2D eigenvalue weighted by Gasteiger charge is 2.19. The molecule has 1 atom stereocenters. The molecule has 0 radical (unpaired) electrons. The third-order valence-corrected chi connectivity index (χ3v) is 5.60. The van der Waals surface area contributed by atoms with E-state index in [1.807, 2.05) is 19.1 Å². The minimum absolute atomic E-state index is 0.0362. The fourth-order valence-electron chi connectivity index (χ4n) is 2.75. The standard InChI is InChI=1S/C19H22N2O4S/c1-14-7-9-16(10-8-14)21-26(23,24)18-6-2-4-15(12-18)19(22)20-13-17-5-3-11-25-17/h2,4,6-10,12,17,21H,3,5,11,13H2,1H3,(H,20,22)/t17-/m0/s1. The highest BCUT2D eigenvalue weighted by Crippen LogP contribution is 2.18. The van der Waals surface area contributed by atoms with E-state index in [0.29, 0.717) is 17.8 Å². The Morgan fingerprint density at radius 2 is 1.96 bits per heavy atom. The van der Waals surface area contributed by atoms with Gasteiger partial charge in [-0.05, 0) is 50.1 Å². The molecule has 2 aromatic carbocycles. The summed E-state index contributed by atoms with van der Waals surface area (Å²) < 4.78 is 33.1. The maximum absolute atomic E-state index is 12.6. The molecular formula is C19H22N2O4S. The van der Waals surface area contributed by atoms with Gasteiger partial charge in [0.1, 0.15) is 0 Å². The number of rotatable bonds is 6. The van der Waals surface area contributed by atoms with Crippen LogP contribution in [0.15, 0.2) is 53.4 Å². The topological polar surface area (TPSA) is 84.5 Å². The molecule has 1 fully saturated rings. The highest BCUT2D eigenvalue weighted by atomic mass is 32.2. The van der Waals surface area contributed by atoms with Crippen molar-refractivity contribution in [2.45, 2.75) is 30.8 Å². The maximum atomic E-state index is 12.6. The SMILES string of the molecule is Cc1ccc(NS(=O)(=O)c2cccc(C(=O)NC[C@@H]3CCCO3)c2)cc1. The van der Waals surface area contributed by atoms with Crippen molar-refractivity contribution in [2.75, 3.05) is 17.9 Å². The lowest BCUT2D eigenvalue weighted by atomic mass is 10.2. The minimum Gasteiger partial charge on any atom is -0.376 e. The number of aryl methyl sites for hydroxylation is 1. The van der Waals surface area contributed by atoms with Gasteiger partial charge in [-0.2, -0.15) is 0 Å². The van der Waals surface area contributed by atoms with E-state index in [-0.39, 0.29) is 16.9 Å². The molecule has 2 aromatic rings. The Hall–Kier alpha value is -2.38. The Kier molecular flexibility index (Phi) is 5.58. The van der Waals surface area contributed by atoms with Crippen LogP contribution in [0.3, 0.4) is 0 Å². The number of hydrogen-bond acceptors (Lipinski definition) is 4. The third kappa shape index (κ3) is 4.62. The second-order valence-corrected chi connectivity index (χ2v) is 8.03. The molecule has 1 aliphatic rings. The van der Waals surface area contributed by atoms with Gasteiger partial charge in [-0.15, -0.1) is 0 Å². The maximum Gasteiger partial charge on any atom is 0.261 e. The van der Waals surface area contributed by atoms with Crippen LogP contribution >= 0.6 is 0 Å². The molecule has 138 valence electrons. The van der Waals surface area contributed by atoms with Crippen molar-refractivity contribution >= 4 is 21.6 Å². The number of sulfonamides is 1. The molecule has 26 heavy (non-hydrogen) atoms. The summed E-state index contributed by atoms with van der Waals surface area (Å²) in [6.07, 6.45) is 1.96. The summed E-state index contributed by atoms with van der Waals surface area (Å²) in [6.45, 7) is 3.08. The number of anilines is 1. The van der Waals surface area contributed by atoms with Crippen LogP contribution in [0.2, 0.25) is 0 Å². The molecule has 0 bridgehead atoms. The second-order valence-electron chi connectivity index (χ2n) is 6.34. The van der Waals surface area contributed by atoms with Crippen LogP contribution in [0.4, 0.5) is 5.69 Å². The molecule has 7 heteroatoms. The smallest absolute Gasteiger partial charge is 0.261 e. The lowest BCUT2D eigenvalue weighted by Gasteiger charge is -2.12. The summed E-state index contributed by atoms with van der Waals surface area (Å²) in [4.78, 5) is 12.3. The first kappa shape index (κ1) is 18.4. The predicted octanol–water partition coefficient (Wildman–Crippen LogP) is 2.70. The van der Waals surface area contributed by atoms with E-state index in [1.165, 1.54) is 12.1 Å². The van der Waals surface area contributed by atoms with Crippen molar-refractivity contribution in [3.8, 4) is 0 Å². The number of ether oxygens (including phenoxy) is 1. The van der Waals surface area contributed by atoms with Crippen molar-refractivity contribution in [3.05, 3.63) is 59.7 Å². The second kappa shape index (κ2) is 7.88. The zero-order valence-electron chi connectivity index (χ0n) is 14.6. The van der Waals surface area contributed by atoms with Gasteiger partial charge in [-0.3, -0.25) is 9.52 Å². The normalized spacial score (nSPS) is 17.0. The van der Waals surface area contributed by atoms with E-state index in [1.54, 1.807) is 24.3 Å². The van der Waals surface area contributed by atoms with E-state index >= 15 is 0 Å². The van der Waals surface area contributed by atoms with Gasteiger partial charge in [0.2, 0.25) is 0 Å². The summed E-state index contributed by atoms with van der Waals surface area (Å²) in [7, 11) is -3.77. The van der Waals surface area contributed by atoms with Crippen molar-refractivity contribution in [1.82, 2.24) is 5.32 Å². The molecule has 0 spiro atoms. The first-order valence-corrected chi connectivity index (χ1v) is 10.0. The largest absolute Gasteiger partial charge is 0.376 e. The molecule has 1 aliphatic heterocycles. The summed E-state index contributed by atoms with van der Waals surface area (Å²) in [6, 6.07) is 13.0. The molecular weight excluding hydrogens is 352 g/mol. The van der Waals surface area contributed by atoms with Gasteiger partial charge in [0.05, 0.1) is 11.0 Å². The molecule has 1 amide bonds. The van der Waals surface area contributed by atoms with E-state index in [0.717, 1.165) is 25.0 Å². The Bertz CT molecular complexity index is 873. The molecule has 1 saturated heterocycles. The van der Waals surface area contributed by atoms with Gasteiger partial charge in [-0.1, -0.05) is 23.8 Å². The molecule has 0 unspecified atom stereocenters. The molecule has 0 saturated carbocycles. The molecule has 1 heterocycles. The molecule has 2 N–H and O–H groups in total. The van der Waals surface area contributed by atoms with Crippen LogP contribution in [-0.4, -0.2) is 33.6 Å². The van der Waals surface area contributed by atoms with E-state index in [4.69, 9.17) is 4.74 Å². The van der Waals surface area contributed by atoms with E-state index in [2.05, 4.69) is 10.0 Å². The third-order valence-electron chi connectivity index (χ3n) is 4.22. The Morgan fingerprint density at radius 1 is 1.19 bits per heavy atom. The lowest BCUT2D eigenvalue weighted by molar-refractivity contribution is 0.0857. The number of carbonyl (C=O) groups is 1. The number of amides is 1. The highest BCUT2D eigenvalue weighted by molar-refractivity contribution is 7.92. The number of benzene rings is 2. The van der Waals surface area contributed by atoms with Gasteiger partial charge in [0.15, 0.2) is 0 Å². The molecule has 6 nitrogen and oxygen atoms in total. The first-order chi connectivity index (χ1) is 12.4. The monoisotopic (exact) mass is 374 g/mol. The van der Waals surface area contributed by atoms with Gasteiger partial charge < -0.3 is 10.1 Å². The predicted molar refractivity (Wildman–Crippen MR) is 99.7 cm³/mol. The number of hydrogen-bond donors (Lipinski definition) is 2. The van der Waals surface area contributed by atoms with Crippen LogP contribution in [0.25, 0.3) is 0 Å². The van der Waals surface area contributed by atoms with Gasteiger partial charge in [0.25, 0.3) is 15.9 Å². The zero-order valence-corrected chi connectivity index (χ0v) is 15.4. The first-order valence-electron chi connectivity index (χ1n) is 8.53. The minimum atomic E-state index is -3.77. The van der Waals surface area contributed by atoms with Crippen molar-refractivity contribution in [1.29, 1.82) is 0 Å². The summed E-state index contributed by atoms with van der Waals surface area (Å²) in [5.41, 5.74) is 1.82. The quantitative estimate of drug-likeness (QED) is 0.814. The summed E-state index contributed by atoms with van der Waals surface area (Å²) in [5.74, 6) is -0.312. The average Bonchev–Trinajstić information content (AvgIpc) is 3.15. The van der Waals surface area contributed by atoms with Crippen molar-refractivity contribution < 1.29 is 17.9 Å². The van der Waals surface area contributed by atoms with Crippen molar-refractivity contribution in [3.63, 3.8) is 0 Å². The Balaban J connectivity index is 1.70. The lowest BCUT2D eigenvalue weighted by Crippen LogP contribution is -2.31. The van der Waals surface area contributed by atoms with Crippen LogP contribution in [0.5, 0.6) is 0 Å². The summed E-state index contributed by atoms with van der Waals surface area (Å²) >= 11 is 0. The molecule has 3 rings (SSSR count).